The number of thiophene rings is 1. The molecule has 0 spiro atoms. The van der Waals surface area contributed by atoms with Gasteiger partial charge in [0.2, 0.25) is 11.8 Å². The summed E-state index contributed by atoms with van der Waals surface area (Å²) in [5.74, 6) is 1.92. The van der Waals surface area contributed by atoms with Crippen molar-refractivity contribution in [3.63, 3.8) is 0 Å². The maximum Gasteiger partial charge on any atom is 0.244 e. The third-order valence-corrected chi connectivity index (χ3v) is 6.23. The number of morpholine rings is 1. The van der Waals surface area contributed by atoms with Gasteiger partial charge in [-0.25, -0.2) is 15.0 Å². The zero-order valence-electron chi connectivity index (χ0n) is 19.1. The average molecular weight is 469 g/mol. The lowest BCUT2D eigenvalue weighted by atomic mass is 10.2. The standard InChI is InChI=1S/C23H28N6O3S/c1-28(2)9-8-24-19(30)6-5-17-14-18-21(33-17)23(29-10-12-32-13-11-29)27-22(26-18)16-4-7-20(31-3)25-15-16/h4-7,14-15H,8-13H2,1-3H3,(H,24,30)/b6-5+. The molecule has 0 bridgehead atoms. The van der Waals surface area contributed by atoms with Crippen molar-refractivity contribution in [2.24, 2.45) is 0 Å². The minimum absolute atomic E-state index is 0.112. The van der Waals surface area contributed by atoms with Crippen LogP contribution in [-0.2, 0) is 9.53 Å². The van der Waals surface area contributed by atoms with Gasteiger partial charge >= 0.3 is 0 Å². The van der Waals surface area contributed by atoms with E-state index in [0.29, 0.717) is 31.5 Å². The second-order valence-electron chi connectivity index (χ2n) is 7.85. The van der Waals surface area contributed by atoms with Gasteiger partial charge in [-0.2, -0.15) is 0 Å². The molecule has 33 heavy (non-hydrogen) atoms. The number of anilines is 1. The largest absolute Gasteiger partial charge is 0.481 e. The number of hydrogen-bond donors (Lipinski definition) is 1. The molecule has 0 radical (unpaired) electrons. The summed E-state index contributed by atoms with van der Waals surface area (Å²) in [4.78, 5) is 31.3. The Kier molecular flexibility index (Phi) is 7.48. The van der Waals surface area contributed by atoms with Gasteiger partial charge in [0, 0.05) is 55.0 Å². The Bertz CT molecular complexity index is 1120. The zero-order valence-corrected chi connectivity index (χ0v) is 19.9. The van der Waals surface area contributed by atoms with Crippen molar-refractivity contribution in [3.05, 3.63) is 35.3 Å². The average Bonchev–Trinajstić information content (AvgIpc) is 3.25. The maximum absolute atomic E-state index is 12.1. The number of ether oxygens (including phenoxy) is 2. The van der Waals surface area contributed by atoms with E-state index in [4.69, 9.17) is 19.4 Å². The van der Waals surface area contributed by atoms with Gasteiger partial charge in [0.05, 0.1) is 30.5 Å². The smallest absolute Gasteiger partial charge is 0.244 e. The number of carbonyl (C=O) groups excluding carboxylic acids is 1. The number of nitrogens with zero attached hydrogens (tertiary/aromatic N) is 5. The first-order chi connectivity index (χ1) is 16.0. The van der Waals surface area contributed by atoms with Crippen LogP contribution < -0.4 is 15.0 Å². The van der Waals surface area contributed by atoms with Crippen molar-refractivity contribution in [2.45, 2.75) is 0 Å². The van der Waals surface area contributed by atoms with Crippen molar-refractivity contribution in [1.82, 2.24) is 25.2 Å². The highest BCUT2D eigenvalue weighted by Gasteiger charge is 2.20. The van der Waals surface area contributed by atoms with Crippen LogP contribution in [0.2, 0.25) is 0 Å². The molecule has 1 saturated heterocycles. The normalized spacial score (nSPS) is 14.4. The van der Waals surface area contributed by atoms with Crippen LogP contribution in [0.15, 0.2) is 30.5 Å². The number of hydrogen-bond acceptors (Lipinski definition) is 9. The molecule has 0 unspecified atom stereocenters. The number of amides is 1. The number of rotatable bonds is 8. The number of nitrogens with one attached hydrogen (secondary N) is 1. The van der Waals surface area contributed by atoms with Crippen LogP contribution in [0.5, 0.6) is 5.88 Å². The fraction of sp³-hybridized carbons (Fsp3) is 0.391. The Labute approximate surface area is 197 Å². The lowest BCUT2D eigenvalue weighted by molar-refractivity contribution is -0.116. The molecule has 4 rings (SSSR count). The van der Waals surface area contributed by atoms with E-state index in [0.717, 1.165) is 46.1 Å². The number of pyridine rings is 1. The van der Waals surface area contributed by atoms with Crippen molar-refractivity contribution < 1.29 is 14.3 Å². The van der Waals surface area contributed by atoms with Crippen LogP contribution in [0.3, 0.4) is 0 Å². The molecule has 0 atom stereocenters. The lowest BCUT2D eigenvalue weighted by Crippen LogP contribution is -2.36. The van der Waals surface area contributed by atoms with E-state index in [-0.39, 0.29) is 5.91 Å². The van der Waals surface area contributed by atoms with E-state index < -0.39 is 0 Å². The highest BCUT2D eigenvalue weighted by molar-refractivity contribution is 7.20. The van der Waals surface area contributed by atoms with Gasteiger partial charge in [-0.15, -0.1) is 11.3 Å². The molecular weight excluding hydrogens is 440 g/mol. The monoisotopic (exact) mass is 468 g/mol. The Morgan fingerprint density at radius 2 is 2.12 bits per heavy atom. The predicted octanol–water partition coefficient (Wildman–Crippen LogP) is 2.29. The molecule has 0 saturated carbocycles. The van der Waals surface area contributed by atoms with Crippen LogP contribution in [-0.4, -0.2) is 86.4 Å². The summed E-state index contributed by atoms with van der Waals surface area (Å²) in [6, 6.07) is 5.70. The predicted molar refractivity (Wildman–Crippen MR) is 131 cm³/mol. The van der Waals surface area contributed by atoms with Gasteiger partial charge in [0.25, 0.3) is 0 Å². The van der Waals surface area contributed by atoms with Crippen LogP contribution >= 0.6 is 11.3 Å². The molecule has 174 valence electrons. The Morgan fingerprint density at radius 1 is 1.30 bits per heavy atom. The molecule has 0 aromatic carbocycles. The number of carbonyl (C=O) groups is 1. The van der Waals surface area contributed by atoms with E-state index >= 15 is 0 Å². The van der Waals surface area contributed by atoms with Crippen LogP contribution in [0.4, 0.5) is 5.82 Å². The third-order valence-electron chi connectivity index (χ3n) is 5.14. The summed E-state index contributed by atoms with van der Waals surface area (Å²) in [5, 5.41) is 2.89. The van der Waals surface area contributed by atoms with E-state index in [2.05, 4.69) is 15.2 Å². The molecule has 4 heterocycles. The molecule has 1 aliphatic heterocycles. The fourth-order valence-electron chi connectivity index (χ4n) is 3.39. The van der Waals surface area contributed by atoms with E-state index in [1.54, 1.807) is 36.8 Å². The highest BCUT2D eigenvalue weighted by atomic mass is 32.1. The summed E-state index contributed by atoms with van der Waals surface area (Å²) in [7, 11) is 5.54. The first kappa shape index (κ1) is 23.1. The number of fused-ring (bicyclic) bond motifs is 1. The summed E-state index contributed by atoms with van der Waals surface area (Å²) >= 11 is 1.58. The molecule has 10 heteroatoms. The summed E-state index contributed by atoms with van der Waals surface area (Å²) in [5.41, 5.74) is 1.66. The number of aromatic nitrogens is 3. The maximum atomic E-state index is 12.1. The molecule has 0 aliphatic carbocycles. The quantitative estimate of drug-likeness (QED) is 0.504. The van der Waals surface area contributed by atoms with Crippen LogP contribution in [0.25, 0.3) is 27.7 Å². The van der Waals surface area contributed by atoms with Crippen molar-refractivity contribution >= 4 is 39.4 Å². The molecule has 3 aromatic rings. The van der Waals surface area contributed by atoms with Gasteiger partial charge in [-0.1, -0.05) is 0 Å². The van der Waals surface area contributed by atoms with E-state index in [1.165, 1.54) is 0 Å². The van der Waals surface area contributed by atoms with Crippen molar-refractivity contribution in [3.8, 4) is 17.3 Å². The molecule has 1 fully saturated rings. The van der Waals surface area contributed by atoms with Gasteiger partial charge in [0.1, 0.15) is 0 Å². The summed E-state index contributed by atoms with van der Waals surface area (Å²) in [6.07, 6.45) is 5.11. The van der Waals surface area contributed by atoms with Gasteiger partial charge in [-0.05, 0) is 32.3 Å². The van der Waals surface area contributed by atoms with Crippen LogP contribution in [0.1, 0.15) is 4.88 Å². The first-order valence-corrected chi connectivity index (χ1v) is 11.6. The van der Waals surface area contributed by atoms with Gasteiger partial charge < -0.3 is 24.6 Å². The molecule has 3 aromatic heterocycles. The van der Waals surface area contributed by atoms with Gasteiger partial charge in [0.15, 0.2) is 11.6 Å². The zero-order chi connectivity index (χ0) is 23.2. The Hall–Kier alpha value is -3.08. The minimum atomic E-state index is -0.112. The SMILES string of the molecule is COc1ccc(-c2nc(N3CCOCC3)c3sc(/C=C/C(=O)NCCN(C)C)cc3n2)cn1. The molecule has 1 amide bonds. The Morgan fingerprint density at radius 3 is 2.82 bits per heavy atom. The van der Waals surface area contributed by atoms with Crippen LogP contribution in [0, 0.1) is 0 Å². The Balaban J connectivity index is 1.64. The lowest BCUT2D eigenvalue weighted by Gasteiger charge is -2.28. The molecule has 1 aliphatic rings. The van der Waals surface area contributed by atoms with Crippen molar-refractivity contribution in [1.29, 1.82) is 0 Å². The number of likely N-dealkylation sites (N-methyl/N-ethyl adjacent to an activating group) is 1. The second kappa shape index (κ2) is 10.7. The van der Waals surface area contributed by atoms with E-state index in [1.807, 2.05) is 37.2 Å². The number of methoxy groups -OCH3 is 1. The summed E-state index contributed by atoms with van der Waals surface area (Å²) < 4.78 is 11.7. The van der Waals surface area contributed by atoms with Gasteiger partial charge in [-0.3, -0.25) is 4.79 Å². The second-order valence-corrected chi connectivity index (χ2v) is 8.93. The van der Waals surface area contributed by atoms with Crippen molar-refractivity contribution in [2.75, 3.05) is 65.5 Å². The topological polar surface area (TPSA) is 92.7 Å². The first-order valence-electron chi connectivity index (χ1n) is 10.8. The molecular formula is C23H28N6O3S. The third kappa shape index (κ3) is 5.84. The summed E-state index contributed by atoms with van der Waals surface area (Å²) in [6.45, 7) is 4.26. The molecule has 9 nitrogen and oxygen atoms in total. The highest BCUT2D eigenvalue weighted by Crippen LogP contribution is 2.35. The van der Waals surface area contributed by atoms with E-state index in [9.17, 15) is 4.79 Å². The minimum Gasteiger partial charge on any atom is -0.481 e. The molecule has 1 N–H and O–H groups in total. The fourth-order valence-corrected chi connectivity index (χ4v) is 4.40.